The summed E-state index contributed by atoms with van der Waals surface area (Å²) in [6.45, 7) is 2.74. The van der Waals surface area contributed by atoms with Gasteiger partial charge < -0.3 is 14.8 Å². The average molecular weight is 270 g/mol. The lowest BCUT2D eigenvalue weighted by Gasteiger charge is -2.19. The molecule has 1 heterocycles. The number of halogens is 1. The number of ether oxygens (including phenoxy) is 2. The van der Waals surface area contributed by atoms with Crippen LogP contribution in [0.25, 0.3) is 0 Å². The molecule has 0 radical (unpaired) electrons. The highest BCUT2D eigenvalue weighted by Crippen LogP contribution is 2.25. The average Bonchev–Trinajstić information content (AvgIpc) is 2.74. The molecule has 1 aliphatic rings. The van der Waals surface area contributed by atoms with Crippen molar-refractivity contribution in [1.82, 2.24) is 0 Å². The Labute approximate surface area is 111 Å². The van der Waals surface area contributed by atoms with Gasteiger partial charge in [0.05, 0.1) is 30.5 Å². The summed E-state index contributed by atoms with van der Waals surface area (Å²) in [6.07, 6.45) is 1.03. The van der Waals surface area contributed by atoms with Crippen LogP contribution < -0.4 is 5.32 Å². The van der Waals surface area contributed by atoms with Crippen molar-refractivity contribution in [1.29, 1.82) is 0 Å². The van der Waals surface area contributed by atoms with Crippen LogP contribution in [0.1, 0.15) is 23.7 Å². The second kappa shape index (κ2) is 5.59. The van der Waals surface area contributed by atoms with E-state index in [1.165, 1.54) is 7.11 Å². The standard InChI is InChI=1S/C13H16ClNO3/c1-8-11(5-6-18-8)15-12-7-9(14)3-4-10(12)13(16)17-2/h3-4,7-8,11,15H,5-6H2,1-2H3. The molecule has 0 spiro atoms. The zero-order valence-electron chi connectivity index (χ0n) is 10.4. The van der Waals surface area contributed by atoms with E-state index in [-0.39, 0.29) is 18.1 Å². The third kappa shape index (κ3) is 2.76. The first-order valence-corrected chi connectivity index (χ1v) is 6.25. The summed E-state index contributed by atoms with van der Waals surface area (Å²) in [7, 11) is 1.36. The second-order valence-electron chi connectivity index (χ2n) is 4.30. The zero-order chi connectivity index (χ0) is 13.1. The number of methoxy groups -OCH3 is 1. The maximum Gasteiger partial charge on any atom is 0.339 e. The molecule has 4 nitrogen and oxygen atoms in total. The molecule has 1 aromatic rings. The Morgan fingerprint density at radius 1 is 1.56 bits per heavy atom. The molecule has 0 saturated carbocycles. The van der Waals surface area contributed by atoms with Gasteiger partial charge in [0.15, 0.2) is 0 Å². The van der Waals surface area contributed by atoms with Crippen molar-refractivity contribution in [2.45, 2.75) is 25.5 Å². The van der Waals surface area contributed by atoms with E-state index in [1.807, 2.05) is 6.92 Å². The van der Waals surface area contributed by atoms with Gasteiger partial charge in [0.1, 0.15) is 0 Å². The van der Waals surface area contributed by atoms with Crippen molar-refractivity contribution >= 4 is 23.3 Å². The van der Waals surface area contributed by atoms with Crippen LogP contribution >= 0.6 is 11.6 Å². The molecule has 1 aliphatic heterocycles. The van der Waals surface area contributed by atoms with Gasteiger partial charge in [0.2, 0.25) is 0 Å². The lowest BCUT2D eigenvalue weighted by atomic mass is 10.1. The Balaban J connectivity index is 2.24. The fourth-order valence-electron chi connectivity index (χ4n) is 2.04. The van der Waals surface area contributed by atoms with Crippen LogP contribution in [-0.4, -0.2) is 31.8 Å². The Morgan fingerprint density at radius 2 is 2.33 bits per heavy atom. The minimum atomic E-state index is -0.374. The van der Waals surface area contributed by atoms with Gasteiger partial charge in [-0.3, -0.25) is 0 Å². The number of carbonyl (C=O) groups excluding carboxylic acids is 1. The van der Waals surface area contributed by atoms with Crippen molar-refractivity contribution < 1.29 is 14.3 Å². The molecule has 1 aromatic carbocycles. The van der Waals surface area contributed by atoms with Gasteiger partial charge in [0, 0.05) is 11.6 Å². The molecule has 0 aromatic heterocycles. The lowest BCUT2D eigenvalue weighted by Crippen LogP contribution is -2.27. The van der Waals surface area contributed by atoms with Crippen molar-refractivity contribution in [2.24, 2.45) is 0 Å². The summed E-state index contributed by atoms with van der Waals surface area (Å²) in [4.78, 5) is 11.7. The number of nitrogens with one attached hydrogen (secondary N) is 1. The van der Waals surface area contributed by atoms with Crippen LogP contribution in [0.15, 0.2) is 18.2 Å². The SMILES string of the molecule is COC(=O)c1ccc(Cl)cc1NC1CCOC1C. The molecule has 2 atom stereocenters. The third-order valence-electron chi connectivity index (χ3n) is 3.10. The van der Waals surface area contributed by atoms with Crippen LogP contribution in [0.2, 0.25) is 5.02 Å². The molecule has 1 fully saturated rings. The minimum absolute atomic E-state index is 0.120. The highest BCUT2D eigenvalue weighted by Gasteiger charge is 2.25. The fraction of sp³-hybridized carbons (Fsp3) is 0.462. The van der Waals surface area contributed by atoms with Gasteiger partial charge in [-0.1, -0.05) is 11.6 Å². The zero-order valence-corrected chi connectivity index (χ0v) is 11.2. The highest BCUT2D eigenvalue weighted by molar-refractivity contribution is 6.31. The maximum atomic E-state index is 11.7. The van der Waals surface area contributed by atoms with E-state index in [0.29, 0.717) is 16.3 Å². The Morgan fingerprint density at radius 3 is 2.94 bits per heavy atom. The maximum absolute atomic E-state index is 11.7. The Kier molecular flexibility index (Phi) is 4.09. The van der Waals surface area contributed by atoms with E-state index in [4.69, 9.17) is 21.1 Å². The van der Waals surface area contributed by atoms with E-state index in [9.17, 15) is 4.79 Å². The highest BCUT2D eigenvalue weighted by atomic mass is 35.5. The van der Waals surface area contributed by atoms with Crippen LogP contribution in [0, 0.1) is 0 Å². The van der Waals surface area contributed by atoms with Gasteiger partial charge >= 0.3 is 5.97 Å². The van der Waals surface area contributed by atoms with E-state index >= 15 is 0 Å². The molecule has 1 saturated heterocycles. The molecule has 98 valence electrons. The fourth-order valence-corrected chi connectivity index (χ4v) is 2.22. The Bertz CT molecular complexity index is 450. The molecule has 0 bridgehead atoms. The molecular weight excluding hydrogens is 254 g/mol. The molecule has 0 aliphatic carbocycles. The smallest absolute Gasteiger partial charge is 0.339 e. The van der Waals surface area contributed by atoms with Gasteiger partial charge in [-0.2, -0.15) is 0 Å². The van der Waals surface area contributed by atoms with Gasteiger partial charge in [0.25, 0.3) is 0 Å². The predicted molar refractivity (Wildman–Crippen MR) is 70.2 cm³/mol. The number of rotatable bonds is 3. The summed E-state index contributed by atoms with van der Waals surface area (Å²) < 4.78 is 10.2. The van der Waals surface area contributed by atoms with E-state index in [0.717, 1.165) is 13.0 Å². The molecule has 5 heteroatoms. The Hall–Kier alpha value is -1.26. The van der Waals surface area contributed by atoms with Gasteiger partial charge in [-0.05, 0) is 31.5 Å². The van der Waals surface area contributed by atoms with E-state index < -0.39 is 0 Å². The number of esters is 1. The van der Waals surface area contributed by atoms with Crippen molar-refractivity contribution in [2.75, 3.05) is 19.0 Å². The first kappa shape index (κ1) is 13.2. The topological polar surface area (TPSA) is 47.6 Å². The monoisotopic (exact) mass is 269 g/mol. The van der Waals surface area contributed by atoms with Crippen LogP contribution in [0.5, 0.6) is 0 Å². The lowest BCUT2D eigenvalue weighted by molar-refractivity contribution is 0.0601. The van der Waals surface area contributed by atoms with Crippen LogP contribution in [-0.2, 0) is 9.47 Å². The number of hydrogen-bond donors (Lipinski definition) is 1. The molecule has 2 rings (SSSR count). The van der Waals surface area contributed by atoms with E-state index in [2.05, 4.69) is 5.32 Å². The van der Waals surface area contributed by atoms with Crippen LogP contribution in [0.4, 0.5) is 5.69 Å². The molecule has 18 heavy (non-hydrogen) atoms. The van der Waals surface area contributed by atoms with Gasteiger partial charge in [-0.25, -0.2) is 4.79 Å². The largest absolute Gasteiger partial charge is 0.465 e. The summed E-state index contributed by atoms with van der Waals surface area (Å²) in [6, 6.07) is 5.26. The number of benzene rings is 1. The van der Waals surface area contributed by atoms with E-state index in [1.54, 1.807) is 18.2 Å². The summed E-state index contributed by atoms with van der Waals surface area (Å²) in [5.41, 5.74) is 1.18. The summed E-state index contributed by atoms with van der Waals surface area (Å²) in [5, 5.41) is 3.89. The number of carbonyl (C=O) groups is 1. The normalized spacial score (nSPS) is 22.8. The molecule has 1 N–H and O–H groups in total. The van der Waals surface area contributed by atoms with Crippen LogP contribution in [0.3, 0.4) is 0 Å². The van der Waals surface area contributed by atoms with Crippen molar-refractivity contribution in [3.63, 3.8) is 0 Å². The second-order valence-corrected chi connectivity index (χ2v) is 4.73. The molecule has 2 unspecified atom stereocenters. The third-order valence-corrected chi connectivity index (χ3v) is 3.34. The first-order chi connectivity index (χ1) is 8.61. The summed E-state index contributed by atoms with van der Waals surface area (Å²) >= 11 is 5.96. The van der Waals surface area contributed by atoms with Gasteiger partial charge in [-0.15, -0.1) is 0 Å². The first-order valence-electron chi connectivity index (χ1n) is 5.88. The summed E-state index contributed by atoms with van der Waals surface area (Å²) in [5.74, 6) is -0.374. The van der Waals surface area contributed by atoms with Crippen molar-refractivity contribution in [3.05, 3.63) is 28.8 Å². The number of hydrogen-bond acceptors (Lipinski definition) is 4. The minimum Gasteiger partial charge on any atom is -0.465 e. The predicted octanol–water partition coefficient (Wildman–Crippen LogP) is 2.72. The number of anilines is 1. The molecule has 0 amide bonds. The van der Waals surface area contributed by atoms with Crippen molar-refractivity contribution in [3.8, 4) is 0 Å². The molecular formula is C13H16ClNO3. The quantitative estimate of drug-likeness (QED) is 0.857.